The fraction of sp³-hybridized carbons (Fsp3) is 1.00. The van der Waals surface area contributed by atoms with Crippen LogP contribution in [0.25, 0.3) is 0 Å². The molecule has 2 aliphatic rings. The zero-order valence-electron chi connectivity index (χ0n) is 11.3. The van der Waals surface area contributed by atoms with Gasteiger partial charge in [0.1, 0.15) is 0 Å². The lowest BCUT2D eigenvalue weighted by Gasteiger charge is -2.33. The third kappa shape index (κ3) is 3.50. The summed E-state index contributed by atoms with van der Waals surface area (Å²) >= 11 is 0. The predicted octanol–water partition coefficient (Wildman–Crippen LogP) is 5.28. The first-order chi connectivity index (χ1) is 7.27. The maximum atomic E-state index is 2.49. The molecule has 0 aromatic heterocycles. The second-order valence-corrected chi connectivity index (χ2v) is 5.60. The van der Waals surface area contributed by atoms with Gasteiger partial charge in [-0.05, 0) is 42.9 Å². The van der Waals surface area contributed by atoms with Crippen molar-refractivity contribution in [3.8, 4) is 0 Å². The van der Waals surface area contributed by atoms with E-state index in [0.717, 1.165) is 23.7 Å². The van der Waals surface area contributed by atoms with E-state index in [4.69, 9.17) is 0 Å². The van der Waals surface area contributed by atoms with Crippen molar-refractivity contribution in [2.45, 2.75) is 72.6 Å². The molecule has 90 valence electrons. The van der Waals surface area contributed by atoms with Crippen LogP contribution in [0.3, 0.4) is 0 Å². The summed E-state index contributed by atoms with van der Waals surface area (Å²) in [6.45, 7) is 8.93. The van der Waals surface area contributed by atoms with Crippen molar-refractivity contribution in [3.63, 3.8) is 0 Å². The van der Waals surface area contributed by atoms with E-state index in [-0.39, 0.29) is 0 Å². The van der Waals surface area contributed by atoms with Gasteiger partial charge in [-0.2, -0.15) is 0 Å². The minimum Gasteiger partial charge on any atom is -0.0683 e. The van der Waals surface area contributed by atoms with Crippen molar-refractivity contribution >= 4 is 0 Å². The molecule has 0 aliphatic heterocycles. The molecule has 2 rings (SSSR count). The SMILES string of the molecule is CC.CC1CCC(C2CCCCC2C)C1. The van der Waals surface area contributed by atoms with Crippen LogP contribution in [0.15, 0.2) is 0 Å². The third-order valence-electron chi connectivity index (χ3n) is 4.52. The van der Waals surface area contributed by atoms with Crippen LogP contribution in [0, 0.1) is 23.7 Å². The van der Waals surface area contributed by atoms with Gasteiger partial charge >= 0.3 is 0 Å². The minimum absolute atomic E-state index is 1.03. The summed E-state index contributed by atoms with van der Waals surface area (Å²) in [4.78, 5) is 0. The normalized spacial score (nSPS) is 40.8. The van der Waals surface area contributed by atoms with Crippen molar-refractivity contribution in [2.75, 3.05) is 0 Å². The smallest absolute Gasteiger partial charge is 0.0360 e. The first kappa shape index (κ1) is 13.1. The Hall–Kier alpha value is 0. The van der Waals surface area contributed by atoms with E-state index in [1.54, 1.807) is 6.42 Å². The molecule has 0 heterocycles. The molecule has 0 nitrogen and oxygen atoms in total. The van der Waals surface area contributed by atoms with Gasteiger partial charge in [0.2, 0.25) is 0 Å². The Labute approximate surface area is 96.8 Å². The Balaban J connectivity index is 0.000000531. The molecule has 0 saturated heterocycles. The van der Waals surface area contributed by atoms with Crippen molar-refractivity contribution in [3.05, 3.63) is 0 Å². The fourth-order valence-corrected chi connectivity index (χ4v) is 3.69. The van der Waals surface area contributed by atoms with E-state index in [2.05, 4.69) is 13.8 Å². The Morgan fingerprint density at radius 2 is 1.47 bits per heavy atom. The summed E-state index contributed by atoms with van der Waals surface area (Å²) in [7, 11) is 0. The van der Waals surface area contributed by atoms with Crippen LogP contribution in [-0.2, 0) is 0 Å². The lowest BCUT2D eigenvalue weighted by molar-refractivity contribution is 0.174. The zero-order chi connectivity index (χ0) is 11.3. The summed E-state index contributed by atoms with van der Waals surface area (Å²) in [5, 5.41) is 0. The zero-order valence-corrected chi connectivity index (χ0v) is 11.3. The molecule has 4 unspecified atom stereocenters. The molecule has 0 aromatic rings. The lowest BCUT2D eigenvalue weighted by Crippen LogP contribution is -2.23. The minimum atomic E-state index is 1.03. The van der Waals surface area contributed by atoms with Crippen molar-refractivity contribution in [1.29, 1.82) is 0 Å². The monoisotopic (exact) mass is 210 g/mol. The summed E-state index contributed by atoms with van der Waals surface area (Å²) in [5.41, 5.74) is 0. The highest BCUT2D eigenvalue weighted by atomic mass is 14.4. The quantitative estimate of drug-likeness (QED) is 0.552. The van der Waals surface area contributed by atoms with E-state index in [9.17, 15) is 0 Å². The maximum absolute atomic E-state index is 2.49. The molecule has 15 heavy (non-hydrogen) atoms. The van der Waals surface area contributed by atoms with Crippen LogP contribution in [0.4, 0.5) is 0 Å². The highest BCUT2D eigenvalue weighted by Crippen LogP contribution is 2.43. The Kier molecular flexibility index (Phi) is 5.71. The largest absolute Gasteiger partial charge is 0.0683 e. The second kappa shape index (κ2) is 6.55. The molecule has 2 fully saturated rings. The molecule has 4 atom stereocenters. The summed E-state index contributed by atoms with van der Waals surface area (Å²) in [6.07, 6.45) is 10.6. The van der Waals surface area contributed by atoms with E-state index in [0.29, 0.717) is 0 Å². The van der Waals surface area contributed by atoms with E-state index in [1.165, 1.54) is 38.5 Å². The molecule has 0 heteroatoms. The van der Waals surface area contributed by atoms with Crippen LogP contribution in [0.5, 0.6) is 0 Å². The van der Waals surface area contributed by atoms with Gasteiger partial charge in [0, 0.05) is 0 Å². The molecular formula is C15H30. The maximum Gasteiger partial charge on any atom is -0.0360 e. The number of hydrogen-bond acceptors (Lipinski definition) is 0. The highest BCUT2D eigenvalue weighted by Gasteiger charge is 2.32. The van der Waals surface area contributed by atoms with Gasteiger partial charge in [0.25, 0.3) is 0 Å². The Morgan fingerprint density at radius 1 is 0.800 bits per heavy atom. The number of hydrogen-bond donors (Lipinski definition) is 0. The standard InChI is InChI=1S/C13H24.C2H6/c1-10-7-8-12(9-10)13-6-4-3-5-11(13)2;1-2/h10-13H,3-9H2,1-2H3;1-2H3. The second-order valence-electron chi connectivity index (χ2n) is 5.60. The van der Waals surface area contributed by atoms with Gasteiger partial charge < -0.3 is 0 Å². The van der Waals surface area contributed by atoms with E-state index < -0.39 is 0 Å². The molecule has 2 aliphatic carbocycles. The van der Waals surface area contributed by atoms with E-state index in [1.807, 2.05) is 13.8 Å². The molecule has 0 N–H and O–H groups in total. The number of rotatable bonds is 1. The van der Waals surface area contributed by atoms with Gasteiger partial charge in [-0.3, -0.25) is 0 Å². The summed E-state index contributed by atoms with van der Waals surface area (Å²) < 4.78 is 0. The molecule has 2 saturated carbocycles. The molecule has 0 spiro atoms. The van der Waals surface area contributed by atoms with Gasteiger partial charge in [-0.25, -0.2) is 0 Å². The van der Waals surface area contributed by atoms with Crippen LogP contribution in [0.2, 0.25) is 0 Å². The van der Waals surface area contributed by atoms with Crippen molar-refractivity contribution < 1.29 is 0 Å². The molecule has 0 amide bonds. The average molecular weight is 210 g/mol. The van der Waals surface area contributed by atoms with Gasteiger partial charge in [-0.15, -0.1) is 0 Å². The van der Waals surface area contributed by atoms with E-state index >= 15 is 0 Å². The first-order valence-electron chi connectivity index (χ1n) is 7.27. The fourth-order valence-electron chi connectivity index (χ4n) is 3.69. The molecule has 0 radical (unpaired) electrons. The topological polar surface area (TPSA) is 0 Å². The third-order valence-corrected chi connectivity index (χ3v) is 4.52. The van der Waals surface area contributed by atoms with Crippen LogP contribution in [0.1, 0.15) is 72.6 Å². The van der Waals surface area contributed by atoms with Crippen LogP contribution >= 0.6 is 0 Å². The summed E-state index contributed by atoms with van der Waals surface area (Å²) in [6, 6.07) is 0. The van der Waals surface area contributed by atoms with Gasteiger partial charge in [0.15, 0.2) is 0 Å². The van der Waals surface area contributed by atoms with Crippen molar-refractivity contribution in [2.24, 2.45) is 23.7 Å². The Bertz CT molecular complexity index is 161. The van der Waals surface area contributed by atoms with Gasteiger partial charge in [-0.1, -0.05) is 53.4 Å². The van der Waals surface area contributed by atoms with Crippen LogP contribution in [-0.4, -0.2) is 0 Å². The summed E-state index contributed by atoms with van der Waals surface area (Å²) in [5.74, 6) is 4.26. The Morgan fingerprint density at radius 3 is 2.00 bits per heavy atom. The molecule has 0 bridgehead atoms. The molecule has 0 aromatic carbocycles. The first-order valence-corrected chi connectivity index (χ1v) is 7.27. The lowest BCUT2D eigenvalue weighted by atomic mass is 9.72. The van der Waals surface area contributed by atoms with Gasteiger partial charge in [0.05, 0.1) is 0 Å². The highest BCUT2D eigenvalue weighted by molar-refractivity contribution is 4.83. The predicted molar refractivity (Wildman–Crippen MR) is 69.0 cm³/mol. The van der Waals surface area contributed by atoms with Crippen molar-refractivity contribution in [1.82, 2.24) is 0 Å². The molecular weight excluding hydrogens is 180 g/mol. The average Bonchev–Trinajstić information content (AvgIpc) is 2.68. The van der Waals surface area contributed by atoms with Crippen LogP contribution < -0.4 is 0 Å².